The Bertz CT molecular complexity index is 1230. The van der Waals surface area contributed by atoms with Gasteiger partial charge in [0, 0.05) is 11.4 Å². The maximum absolute atomic E-state index is 12.8. The van der Waals surface area contributed by atoms with Crippen LogP contribution < -0.4 is 70.6 Å². The minimum absolute atomic E-state index is 0. The summed E-state index contributed by atoms with van der Waals surface area (Å²) in [5, 5.41) is 20.2. The van der Waals surface area contributed by atoms with Crippen molar-refractivity contribution in [3.05, 3.63) is 34.4 Å². The fraction of sp³-hybridized carbons (Fsp3) is 0. The van der Waals surface area contributed by atoms with Gasteiger partial charge in [-0.1, -0.05) is 0 Å². The summed E-state index contributed by atoms with van der Waals surface area (Å²) < 4.78 is 67.6. The normalized spacial score (nSPS) is 13.0. The summed E-state index contributed by atoms with van der Waals surface area (Å²) in [6.45, 7) is 0. The van der Waals surface area contributed by atoms with Crippen molar-refractivity contribution in [3.8, 4) is 11.5 Å². The molecule has 0 saturated heterocycles. The van der Waals surface area contributed by atoms with Crippen LogP contribution in [0.3, 0.4) is 0 Å². The number of phenolic OH excluding ortho intramolecular Hbond substituents is 2. The van der Waals surface area contributed by atoms with E-state index in [0.717, 1.165) is 0 Å². The van der Waals surface area contributed by atoms with Crippen LogP contribution in [-0.2, 0) is 20.2 Å². The smallest absolute Gasteiger partial charge is 0.744 e. The van der Waals surface area contributed by atoms with Crippen LogP contribution in [0.2, 0.25) is 0 Å². The Morgan fingerprint density at radius 2 is 0.933 bits per heavy atom. The Morgan fingerprint density at radius 1 is 0.667 bits per heavy atom. The number of phenols is 2. The van der Waals surface area contributed by atoms with Crippen molar-refractivity contribution in [3.63, 3.8) is 0 Å². The number of nitrogen functional groups attached to an aromatic ring is 2. The Kier molecular flexibility index (Phi) is 7.50. The van der Waals surface area contributed by atoms with Crippen molar-refractivity contribution >= 4 is 43.2 Å². The Balaban J connectivity index is 0.00000225. The zero-order chi connectivity index (χ0) is 21.3. The molecule has 1 aliphatic rings. The predicted octanol–water partition coefficient (Wildman–Crippen LogP) is -7.15. The van der Waals surface area contributed by atoms with E-state index in [-0.39, 0.29) is 59.1 Å². The molecule has 1 aliphatic carbocycles. The number of carbonyl (C=O) groups excluding carboxylic acids is 2. The second-order valence-electron chi connectivity index (χ2n) is 5.69. The molecule has 2 aromatic rings. The number of rotatable bonds is 2. The maximum Gasteiger partial charge on any atom is 1.00 e. The molecule has 0 spiro atoms. The zero-order valence-electron chi connectivity index (χ0n) is 15.3. The number of benzene rings is 2. The number of anilines is 2. The van der Waals surface area contributed by atoms with Crippen LogP contribution >= 0.6 is 0 Å². The first-order chi connectivity index (χ1) is 12.7. The molecular weight excluding hydrogens is 466 g/mol. The standard InChI is InChI=1S/C14H10N2O10S2.2Na/c15-3-1-5(27(21,22)23)11(17)9-7(3)13(19)10-8(14(9)20)4(16)2-6(12(10)18)28(24,25)26;;/h1-2,17-18H,15-16H2,(H,21,22,23)(H,24,25,26);;/q;2*+1/p-2. The van der Waals surface area contributed by atoms with Crippen LogP contribution in [0.15, 0.2) is 21.9 Å². The first-order valence-corrected chi connectivity index (χ1v) is 9.81. The van der Waals surface area contributed by atoms with Crippen LogP contribution in [0, 0.1) is 0 Å². The summed E-state index contributed by atoms with van der Waals surface area (Å²) in [7, 11) is -10.6. The molecule has 0 heterocycles. The Labute approximate surface area is 213 Å². The molecule has 0 aromatic heterocycles. The van der Waals surface area contributed by atoms with E-state index < -0.39 is 86.7 Å². The van der Waals surface area contributed by atoms with Gasteiger partial charge in [-0.05, 0) is 12.1 Å². The third-order valence-corrected chi connectivity index (χ3v) is 5.74. The van der Waals surface area contributed by atoms with E-state index in [1.807, 2.05) is 0 Å². The summed E-state index contributed by atoms with van der Waals surface area (Å²) in [4.78, 5) is 23.0. The van der Waals surface area contributed by atoms with E-state index in [1.54, 1.807) is 0 Å². The van der Waals surface area contributed by atoms with Gasteiger partial charge in [0.25, 0.3) is 0 Å². The molecule has 16 heteroatoms. The van der Waals surface area contributed by atoms with Crippen LogP contribution in [0.5, 0.6) is 11.5 Å². The van der Waals surface area contributed by atoms with Crippen molar-refractivity contribution in [1.82, 2.24) is 0 Å². The molecule has 0 saturated carbocycles. The monoisotopic (exact) mass is 474 g/mol. The third-order valence-electron chi connectivity index (χ3n) is 4.04. The van der Waals surface area contributed by atoms with Gasteiger partial charge in [0.1, 0.15) is 31.7 Å². The molecule has 0 fully saturated rings. The molecule has 3 rings (SSSR count). The maximum atomic E-state index is 12.8. The van der Waals surface area contributed by atoms with Crippen LogP contribution in [-0.4, -0.2) is 47.7 Å². The molecule has 148 valence electrons. The second-order valence-corrected chi connectivity index (χ2v) is 8.39. The molecule has 2 aromatic carbocycles. The number of hydrogen-bond donors (Lipinski definition) is 4. The van der Waals surface area contributed by atoms with Gasteiger partial charge >= 0.3 is 59.1 Å². The van der Waals surface area contributed by atoms with Crippen molar-refractivity contribution < 1.29 is 105 Å². The van der Waals surface area contributed by atoms with E-state index >= 15 is 0 Å². The Morgan fingerprint density at radius 3 is 1.17 bits per heavy atom. The van der Waals surface area contributed by atoms with Gasteiger partial charge in [-0.25, -0.2) is 16.8 Å². The van der Waals surface area contributed by atoms with Gasteiger partial charge in [0.05, 0.1) is 32.0 Å². The molecule has 0 bridgehead atoms. The SMILES string of the molecule is Nc1cc(S(=O)(=O)[O-])c(O)c2c1C(=O)c1c(O)c(S(=O)(=O)[O-])cc(N)c1C2=O.[Na+].[Na+]. The van der Waals surface area contributed by atoms with Crippen LogP contribution in [0.25, 0.3) is 0 Å². The van der Waals surface area contributed by atoms with Gasteiger partial charge in [-0.3, -0.25) is 9.59 Å². The number of nitrogens with two attached hydrogens (primary N) is 2. The summed E-state index contributed by atoms with van der Waals surface area (Å²) in [6, 6.07) is 0.864. The van der Waals surface area contributed by atoms with E-state index in [4.69, 9.17) is 11.5 Å². The minimum atomic E-state index is -5.30. The summed E-state index contributed by atoms with van der Waals surface area (Å²) >= 11 is 0. The van der Waals surface area contributed by atoms with Gasteiger partial charge in [0.15, 0.2) is 0 Å². The number of aromatic hydroxyl groups is 2. The third kappa shape index (κ3) is 4.00. The van der Waals surface area contributed by atoms with Gasteiger partial charge in [-0.2, -0.15) is 0 Å². The fourth-order valence-corrected chi connectivity index (χ4v) is 4.12. The Hall–Kier alpha value is -1.20. The quantitative estimate of drug-likeness (QED) is 0.117. The second kappa shape index (κ2) is 8.38. The minimum Gasteiger partial charge on any atom is -0.744 e. The van der Waals surface area contributed by atoms with Crippen LogP contribution in [0.1, 0.15) is 31.8 Å². The number of hydrogen-bond acceptors (Lipinski definition) is 12. The largest absolute Gasteiger partial charge is 1.00 e. The topological polar surface area (TPSA) is 241 Å². The van der Waals surface area contributed by atoms with Crippen molar-refractivity contribution in [1.29, 1.82) is 0 Å². The summed E-state index contributed by atoms with van der Waals surface area (Å²) in [5.41, 5.74) is 6.14. The first-order valence-electron chi connectivity index (χ1n) is 7.00. The van der Waals surface area contributed by atoms with Crippen molar-refractivity contribution in [2.24, 2.45) is 0 Å². The average Bonchev–Trinajstić information content (AvgIpc) is 2.53. The molecule has 30 heavy (non-hydrogen) atoms. The molecule has 12 nitrogen and oxygen atoms in total. The zero-order valence-corrected chi connectivity index (χ0v) is 20.9. The molecule has 6 N–H and O–H groups in total. The molecule has 0 aliphatic heterocycles. The van der Waals surface area contributed by atoms with Gasteiger partial charge < -0.3 is 30.8 Å². The van der Waals surface area contributed by atoms with Crippen LogP contribution in [0.4, 0.5) is 11.4 Å². The van der Waals surface area contributed by atoms with Crippen molar-refractivity contribution in [2.45, 2.75) is 9.79 Å². The number of ketones is 2. The summed E-state index contributed by atoms with van der Waals surface area (Å²) in [6.07, 6.45) is 0. The van der Waals surface area contributed by atoms with Crippen molar-refractivity contribution in [2.75, 3.05) is 11.5 Å². The molecular formula is C14H8N2Na2O10S2. The van der Waals surface area contributed by atoms with Gasteiger partial charge in [-0.15, -0.1) is 0 Å². The van der Waals surface area contributed by atoms with E-state index in [9.17, 15) is 45.7 Å². The fourth-order valence-electron chi connectivity index (χ4n) is 2.90. The average molecular weight is 474 g/mol. The summed E-state index contributed by atoms with van der Waals surface area (Å²) in [5.74, 6) is -5.35. The molecule has 0 unspecified atom stereocenters. The van der Waals surface area contributed by atoms with E-state index in [1.165, 1.54) is 0 Å². The molecule has 0 amide bonds. The molecule has 0 atom stereocenters. The van der Waals surface area contributed by atoms with Gasteiger partial charge in [0.2, 0.25) is 11.6 Å². The van der Waals surface area contributed by atoms with E-state index in [2.05, 4.69) is 0 Å². The molecule has 0 radical (unpaired) electrons. The first kappa shape index (κ1) is 26.8. The number of fused-ring (bicyclic) bond motifs is 2. The van der Waals surface area contributed by atoms with E-state index in [0.29, 0.717) is 12.1 Å². The predicted molar refractivity (Wildman–Crippen MR) is 87.8 cm³/mol. The number of carbonyl (C=O) groups is 2.